The van der Waals surface area contributed by atoms with Gasteiger partial charge in [0.15, 0.2) is 5.11 Å². The first kappa shape index (κ1) is 19.7. The van der Waals surface area contributed by atoms with E-state index in [1.807, 2.05) is 50.7 Å². The number of aryl methyl sites for hydroxylation is 2. The molecule has 2 aromatic heterocycles. The van der Waals surface area contributed by atoms with Gasteiger partial charge >= 0.3 is 0 Å². The van der Waals surface area contributed by atoms with Crippen LogP contribution in [0.1, 0.15) is 22.6 Å². The standard InChI is InChI=1S/C18H20Cl2N6S/c1-10-17(23-18(27)22-16-8-21-25(4)11(16)2)12(3)26(24-10)9-13-14(19)6-5-7-15(13)20/h5-8H,9H2,1-4H3,(H2,22,23,27). The molecule has 0 amide bonds. The molecule has 2 N–H and O–H groups in total. The van der Waals surface area contributed by atoms with Crippen molar-refractivity contribution in [2.75, 3.05) is 10.6 Å². The minimum absolute atomic E-state index is 0.479. The predicted molar refractivity (Wildman–Crippen MR) is 115 cm³/mol. The molecule has 0 fully saturated rings. The fraction of sp³-hybridized carbons (Fsp3) is 0.278. The van der Waals surface area contributed by atoms with Crippen molar-refractivity contribution in [3.05, 3.63) is 57.1 Å². The maximum Gasteiger partial charge on any atom is 0.175 e. The van der Waals surface area contributed by atoms with Crippen LogP contribution in [-0.4, -0.2) is 24.7 Å². The molecule has 0 atom stereocenters. The molecule has 0 aliphatic rings. The van der Waals surface area contributed by atoms with Crippen LogP contribution in [0.3, 0.4) is 0 Å². The van der Waals surface area contributed by atoms with Crippen LogP contribution in [-0.2, 0) is 13.6 Å². The van der Waals surface area contributed by atoms with Crippen molar-refractivity contribution < 1.29 is 0 Å². The Morgan fingerprint density at radius 3 is 2.37 bits per heavy atom. The Balaban J connectivity index is 1.79. The molecule has 0 radical (unpaired) electrons. The van der Waals surface area contributed by atoms with Gasteiger partial charge in [-0.3, -0.25) is 9.36 Å². The molecular formula is C18H20Cl2N6S. The molecule has 27 heavy (non-hydrogen) atoms. The first-order valence-electron chi connectivity index (χ1n) is 8.31. The number of hydrogen-bond acceptors (Lipinski definition) is 3. The van der Waals surface area contributed by atoms with E-state index in [2.05, 4.69) is 20.8 Å². The number of rotatable bonds is 4. The molecule has 9 heteroatoms. The number of hydrogen-bond donors (Lipinski definition) is 2. The third-order valence-corrected chi connectivity index (χ3v) is 5.39. The van der Waals surface area contributed by atoms with Gasteiger partial charge in [-0.15, -0.1) is 0 Å². The molecule has 0 unspecified atom stereocenters. The summed E-state index contributed by atoms with van der Waals surface area (Å²) in [5.41, 5.74) is 5.33. The summed E-state index contributed by atoms with van der Waals surface area (Å²) in [5.74, 6) is 0. The van der Waals surface area contributed by atoms with E-state index in [-0.39, 0.29) is 0 Å². The molecule has 3 rings (SSSR count). The van der Waals surface area contributed by atoms with Gasteiger partial charge in [-0.25, -0.2) is 0 Å². The zero-order chi connectivity index (χ0) is 19.7. The van der Waals surface area contributed by atoms with E-state index in [1.54, 1.807) is 10.9 Å². The van der Waals surface area contributed by atoms with E-state index in [0.29, 0.717) is 21.7 Å². The quantitative estimate of drug-likeness (QED) is 0.596. The van der Waals surface area contributed by atoms with Gasteiger partial charge < -0.3 is 10.6 Å². The number of halogens is 2. The highest BCUT2D eigenvalue weighted by atomic mass is 35.5. The fourth-order valence-corrected chi connectivity index (χ4v) is 3.48. The van der Waals surface area contributed by atoms with E-state index in [1.165, 1.54) is 0 Å². The van der Waals surface area contributed by atoms with Gasteiger partial charge in [0, 0.05) is 22.7 Å². The minimum atomic E-state index is 0.479. The van der Waals surface area contributed by atoms with Gasteiger partial charge in [-0.1, -0.05) is 29.3 Å². The molecule has 0 aliphatic heterocycles. The van der Waals surface area contributed by atoms with Crippen LogP contribution in [0.25, 0.3) is 0 Å². The average Bonchev–Trinajstić information content (AvgIpc) is 3.06. The van der Waals surface area contributed by atoms with Crippen molar-refractivity contribution in [3.63, 3.8) is 0 Å². The summed E-state index contributed by atoms with van der Waals surface area (Å²) in [4.78, 5) is 0. The topological polar surface area (TPSA) is 59.7 Å². The van der Waals surface area contributed by atoms with Crippen molar-refractivity contribution in [1.82, 2.24) is 19.6 Å². The monoisotopic (exact) mass is 422 g/mol. The third kappa shape index (κ3) is 4.10. The summed E-state index contributed by atoms with van der Waals surface area (Å²) in [7, 11) is 1.88. The molecule has 0 saturated carbocycles. The van der Waals surface area contributed by atoms with Crippen molar-refractivity contribution in [1.29, 1.82) is 0 Å². The number of anilines is 2. The van der Waals surface area contributed by atoms with Gasteiger partial charge in [0.1, 0.15) is 0 Å². The smallest absolute Gasteiger partial charge is 0.175 e. The lowest BCUT2D eigenvalue weighted by Crippen LogP contribution is -2.20. The van der Waals surface area contributed by atoms with E-state index in [9.17, 15) is 0 Å². The zero-order valence-electron chi connectivity index (χ0n) is 15.5. The number of aromatic nitrogens is 4. The van der Waals surface area contributed by atoms with E-state index in [0.717, 1.165) is 34.0 Å². The maximum atomic E-state index is 6.29. The molecule has 0 saturated heterocycles. The van der Waals surface area contributed by atoms with Crippen LogP contribution in [0.2, 0.25) is 10.0 Å². The molecule has 0 spiro atoms. The summed E-state index contributed by atoms with van der Waals surface area (Å²) < 4.78 is 3.65. The Labute approximate surface area is 173 Å². The SMILES string of the molecule is Cc1nn(Cc2c(Cl)cccc2Cl)c(C)c1NC(=S)Nc1cnn(C)c1C. The van der Waals surface area contributed by atoms with Crippen molar-refractivity contribution in [3.8, 4) is 0 Å². The van der Waals surface area contributed by atoms with E-state index < -0.39 is 0 Å². The number of benzene rings is 1. The average molecular weight is 423 g/mol. The summed E-state index contributed by atoms with van der Waals surface area (Å²) in [6.45, 7) is 6.36. The highest BCUT2D eigenvalue weighted by Crippen LogP contribution is 2.27. The Morgan fingerprint density at radius 1 is 1.11 bits per heavy atom. The lowest BCUT2D eigenvalue weighted by atomic mass is 10.2. The van der Waals surface area contributed by atoms with Crippen LogP contribution >= 0.6 is 35.4 Å². The van der Waals surface area contributed by atoms with Crippen LogP contribution in [0.5, 0.6) is 0 Å². The molecule has 3 aromatic rings. The molecule has 6 nitrogen and oxygen atoms in total. The number of thiocarbonyl (C=S) groups is 1. The lowest BCUT2D eigenvalue weighted by molar-refractivity contribution is 0.659. The van der Waals surface area contributed by atoms with Crippen molar-refractivity contribution in [2.24, 2.45) is 7.05 Å². The predicted octanol–water partition coefficient (Wildman–Crippen LogP) is 4.71. The normalized spacial score (nSPS) is 10.9. The van der Waals surface area contributed by atoms with Crippen LogP contribution in [0.15, 0.2) is 24.4 Å². The van der Waals surface area contributed by atoms with Gasteiger partial charge in [-0.2, -0.15) is 10.2 Å². The van der Waals surface area contributed by atoms with Crippen molar-refractivity contribution >= 4 is 51.9 Å². The highest BCUT2D eigenvalue weighted by Gasteiger charge is 2.16. The molecule has 0 aliphatic carbocycles. The Kier molecular flexibility index (Phi) is 5.74. The fourth-order valence-electron chi connectivity index (χ4n) is 2.75. The Hall–Kier alpha value is -2.09. The molecule has 1 aromatic carbocycles. The van der Waals surface area contributed by atoms with E-state index in [4.69, 9.17) is 35.4 Å². The summed E-state index contributed by atoms with van der Waals surface area (Å²) in [6, 6.07) is 5.47. The summed E-state index contributed by atoms with van der Waals surface area (Å²) in [5, 5.41) is 16.9. The summed E-state index contributed by atoms with van der Waals surface area (Å²) >= 11 is 18.0. The highest BCUT2D eigenvalue weighted by molar-refractivity contribution is 7.80. The van der Waals surface area contributed by atoms with Gasteiger partial charge in [0.2, 0.25) is 0 Å². The lowest BCUT2D eigenvalue weighted by Gasteiger charge is -2.12. The third-order valence-electron chi connectivity index (χ3n) is 4.47. The Bertz CT molecular complexity index is 987. The number of nitrogens with zero attached hydrogens (tertiary/aromatic N) is 4. The van der Waals surface area contributed by atoms with Crippen LogP contribution < -0.4 is 10.6 Å². The second-order valence-electron chi connectivity index (χ2n) is 6.25. The second kappa shape index (κ2) is 7.88. The minimum Gasteiger partial charge on any atom is -0.330 e. The van der Waals surface area contributed by atoms with Gasteiger partial charge in [0.05, 0.1) is 41.2 Å². The molecular weight excluding hydrogens is 403 g/mol. The molecule has 0 bridgehead atoms. The first-order valence-corrected chi connectivity index (χ1v) is 9.47. The molecule has 2 heterocycles. The zero-order valence-corrected chi connectivity index (χ0v) is 17.8. The van der Waals surface area contributed by atoms with Crippen LogP contribution in [0, 0.1) is 20.8 Å². The summed E-state index contributed by atoms with van der Waals surface area (Å²) in [6.07, 6.45) is 1.74. The molecule has 142 valence electrons. The number of nitrogens with one attached hydrogen (secondary N) is 2. The second-order valence-corrected chi connectivity index (χ2v) is 7.47. The van der Waals surface area contributed by atoms with Crippen LogP contribution in [0.4, 0.5) is 11.4 Å². The first-order chi connectivity index (χ1) is 12.8. The van der Waals surface area contributed by atoms with E-state index >= 15 is 0 Å². The van der Waals surface area contributed by atoms with Gasteiger partial charge in [-0.05, 0) is 45.1 Å². The Morgan fingerprint density at radius 2 is 1.78 bits per heavy atom. The maximum absolute atomic E-state index is 6.29. The van der Waals surface area contributed by atoms with Gasteiger partial charge in [0.25, 0.3) is 0 Å². The van der Waals surface area contributed by atoms with Crippen molar-refractivity contribution in [2.45, 2.75) is 27.3 Å². The largest absolute Gasteiger partial charge is 0.330 e.